The van der Waals surface area contributed by atoms with E-state index >= 15 is 0 Å². The molecule has 0 saturated heterocycles. The lowest BCUT2D eigenvalue weighted by Crippen LogP contribution is -2.07. The minimum atomic E-state index is 0.442. The van der Waals surface area contributed by atoms with Gasteiger partial charge in [0.1, 0.15) is 18.6 Å². The Morgan fingerprint density at radius 2 is 1.86 bits per heavy atom. The van der Waals surface area contributed by atoms with E-state index in [2.05, 4.69) is 35.6 Å². The van der Waals surface area contributed by atoms with E-state index in [9.17, 15) is 0 Å². The Labute approximate surface area is 127 Å². The van der Waals surface area contributed by atoms with Crippen molar-refractivity contribution in [2.75, 3.05) is 26.9 Å². The summed E-state index contributed by atoms with van der Waals surface area (Å²) in [5, 5.41) is 3.78. The summed E-state index contributed by atoms with van der Waals surface area (Å²) >= 11 is 0. The third-order valence-corrected chi connectivity index (χ3v) is 2.92. The van der Waals surface area contributed by atoms with Crippen molar-refractivity contribution in [3.8, 4) is 5.75 Å². The fourth-order valence-corrected chi connectivity index (χ4v) is 1.72. The predicted molar refractivity (Wildman–Crippen MR) is 86.0 cm³/mol. The Bertz CT molecular complexity index is 426. The van der Waals surface area contributed by atoms with Crippen LogP contribution in [-0.2, 0) is 9.57 Å². The fourth-order valence-electron chi connectivity index (χ4n) is 1.72. The number of oxime groups is 1. The van der Waals surface area contributed by atoms with Gasteiger partial charge in [0.15, 0.2) is 0 Å². The van der Waals surface area contributed by atoms with E-state index in [1.165, 1.54) is 12.7 Å². The summed E-state index contributed by atoms with van der Waals surface area (Å²) < 4.78 is 11.2. The van der Waals surface area contributed by atoms with Crippen molar-refractivity contribution in [1.29, 1.82) is 0 Å². The third kappa shape index (κ3) is 8.15. The first-order valence-corrected chi connectivity index (χ1v) is 7.26. The van der Waals surface area contributed by atoms with Gasteiger partial charge in [0.05, 0.1) is 13.2 Å². The maximum atomic E-state index is 5.67. The molecule has 0 aliphatic carbocycles. The van der Waals surface area contributed by atoms with Gasteiger partial charge >= 0.3 is 0 Å². The van der Waals surface area contributed by atoms with Crippen LogP contribution in [0.2, 0.25) is 0 Å². The molecule has 0 aliphatic rings. The molecule has 0 fully saturated rings. The summed E-state index contributed by atoms with van der Waals surface area (Å²) in [7, 11) is 1.51. The van der Waals surface area contributed by atoms with Crippen LogP contribution in [0.4, 0.5) is 0 Å². The van der Waals surface area contributed by atoms with Crippen molar-refractivity contribution >= 4 is 5.71 Å². The number of rotatable bonds is 11. The molecule has 1 rings (SSSR count). The van der Waals surface area contributed by atoms with Crippen molar-refractivity contribution in [1.82, 2.24) is 0 Å². The van der Waals surface area contributed by atoms with E-state index in [1.54, 1.807) is 6.08 Å². The highest BCUT2D eigenvalue weighted by Crippen LogP contribution is 2.12. The van der Waals surface area contributed by atoms with Gasteiger partial charge in [-0.3, -0.25) is 0 Å². The van der Waals surface area contributed by atoms with Crippen LogP contribution in [0.15, 0.2) is 42.1 Å². The molecule has 4 heteroatoms. The largest absolute Gasteiger partial charge is 0.494 e. The second-order valence-corrected chi connectivity index (χ2v) is 4.74. The van der Waals surface area contributed by atoms with Gasteiger partial charge < -0.3 is 14.3 Å². The molecule has 0 saturated carbocycles. The fraction of sp³-hybridized carbons (Fsp3) is 0.471. The average Bonchev–Trinajstić information content (AvgIpc) is 2.50. The van der Waals surface area contributed by atoms with E-state index in [0.717, 1.165) is 31.6 Å². The normalized spacial score (nSPS) is 11.2. The highest BCUT2D eigenvalue weighted by molar-refractivity contribution is 5.95. The minimum absolute atomic E-state index is 0.442. The first-order chi connectivity index (χ1) is 10.3. The Morgan fingerprint density at radius 3 is 2.52 bits per heavy atom. The average molecular weight is 291 g/mol. The van der Waals surface area contributed by atoms with Crippen LogP contribution in [0, 0.1) is 6.92 Å². The summed E-state index contributed by atoms with van der Waals surface area (Å²) in [4.78, 5) is 4.67. The SMILES string of the molecule is C=C/C(COCCCCCOc1ccc(C)cc1)=N\OC. The van der Waals surface area contributed by atoms with Crippen LogP contribution < -0.4 is 4.74 Å². The zero-order chi connectivity index (χ0) is 15.3. The molecule has 4 nitrogen and oxygen atoms in total. The molecule has 0 aliphatic heterocycles. The lowest BCUT2D eigenvalue weighted by atomic mass is 10.2. The van der Waals surface area contributed by atoms with Crippen molar-refractivity contribution in [3.05, 3.63) is 42.5 Å². The van der Waals surface area contributed by atoms with Gasteiger partial charge in [-0.2, -0.15) is 0 Å². The number of hydrogen-bond acceptors (Lipinski definition) is 4. The number of hydrogen-bond donors (Lipinski definition) is 0. The Morgan fingerprint density at radius 1 is 1.14 bits per heavy atom. The Hall–Kier alpha value is -1.81. The zero-order valence-corrected chi connectivity index (χ0v) is 13.0. The van der Waals surface area contributed by atoms with Gasteiger partial charge in [-0.05, 0) is 44.4 Å². The number of aryl methyl sites for hydroxylation is 1. The first kappa shape index (κ1) is 17.2. The molecular formula is C17H25NO3. The predicted octanol–water partition coefficient (Wildman–Crippen LogP) is 3.75. The van der Waals surface area contributed by atoms with Gasteiger partial charge in [-0.25, -0.2) is 0 Å². The van der Waals surface area contributed by atoms with Gasteiger partial charge in [-0.1, -0.05) is 29.4 Å². The Kier molecular flexibility index (Phi) is 8.96. The van der Waals surface area contributed by atoms with E-state index in [-0.39, 0.29) is 0 Å². The number of unbranched alkanes of at least 4 members (excludes halogenated alkanes) is 2. The highest BCUT2D eigenvalue weighted by Gasteiger charge is 1.97. The summed E-state index contributed by atoms with van der Waals surface area (Å²) in [6, 6.07) is 8.12. The lowest BCUT2D eigenvalue weighted by Gasteiger charge is -2.07. The first-order valence-electron chi connectivity index (χ1n) is 7.26. The molecule has 0 aromatic heterocycles. The molecule has 0 amide bonds. The monoisotopic (exact) mass is 291 g/mol. The summed E-state index contributed by atoms with van der Waals surface area (Å²) in [5.74, 6) is 0.934. The van der Waals surface area contributed by atoms with E-state index in [4.69, 9.17) is 9.47 Å². The van der Waals surface area contributed by atoms with Crippen LogP contribution in [0.3, 0.4) is 0 Å². The second-order valence-electron chi connectivity index (χ2n) is 4.74. The molecule has 0 N–H and O–H groups in total. The summed E-state index contributed by atoms with van der Waals surface area (Å²) in [6.45, 7) is 7.61. The molecule has 0 spiro atoms. The van der Waals surface area contributed by atoms with Crippen LogP contribution in [0.25, 0.3) is 0 Å². The zero-order valence-electron chi connectivity index (χ0n) is 13.0. The summed E-state index contributed by atoms with van der Waals surface area (Å²) in [6.07, 6.45) is 4.75. The molecule has 1 aromatic rings. The van der Waals surface area contributed by atoms with E-state index in [1.807, 2.05) is 12.1 Å². The van der Waals surface area contributed by atoms with E-state index in [0.29, 0.717) is 18.9 Å². The van der Waals surface area contributed by atoms with Crippen LogP contribution in [0.1, 0.15) is 24.8 Å². The van der Waals surface area contributed by atoms with Crippen molar-refractivity contribution < 1.29 is 14.3 Å². The highest BCUT2D eigenvalue weighted by atomic mass is 16.6. The van der Waals surface area contributed by atoms with Gasteiger partial charge in [0.25, 0.3) is 0 Å². The molecule has 0 bridgehead atoms. The second kappa shape index (κ2) is 10.9. The molecular weight excluding hydrogens is 266 g/mol. The molecule has 0 unspecified atom stereocenters. The molecule has 1 aromatic carbocycles. The standard InChI is InChI=1S/C17H25NO3/c1-4-16(18-19-3)14-20-12-6-5-7-13-21-17-10-8-15(2)9-11-17/h4,8-11H,1,5-7,12-14H2,2-3H3/b18-16+. The number of nitrogens with zero attached hydrogens (tertiary/aromatic N) is 1. The smallest absolute Gasteiger partial charge is 0.119 e. The molecule has 0 heterocycles. The molecule has 0 atom stereocenters. The number of ether oxygens (including phenoxy) is 2. The van der Waals surface area contributed by atoms with E-state index < -0.39 is 0 Å². The molecule has 21 heavy (non-hydrogen) atoms. The van der Waals surface area contributed by atoms with Crippen molar-refractivity contribution in [3.63, 3.8) is 0 Å². The number of benzene rings is 1. The van der Waals surface area contributed by atoms with Crippen LogP contribution in [0.5, 0.6) is 5.75 Å². The van der Waals surface area contributed by atoms with Gasteiger partial charge in [-0.15, -0.1) is 0 Å². The lowest BCUT2D eigenvalue weighted by molar-refractivity contribution is 0.157. The van der Waals surface area contributed by atoms with Gasteiger partial charge in [0, 0.05) is 6.61 Å². The Balaban J connectivity index is 1.98. The van der Waals surface area contributed by atoms with Crippen molar-refractivity contribution in [2.24, 2.45) is 5.16 Å². The quantitative estimate of drug-likeness (QED) is 0.354. The van der Waals surface area contributed by atoms with Crippen molar-refractivity contribution in [2.45, 2.75) is 26.2 Å². The third-order valence-electron chi connectivity index (χ3n) is 2.92. The summed E-state index contributed by atoms with van der Waals surface area (Å²) in [5.41, 5.74) is 1.95. The molecule has 116 valence electrons. The van der Waals surface area contributed by atoms with Crippen LogP contribution >= 0.6 is 0 Å². The van der Waals surface area contributed by atoms with Gasteiger partial charge in [0.2, 0.25) is 0 Å². The molecule has 0 radical (unpaired) electrons. The minimum Gasteiger partial charge on any atom is -0.494 e. The topological polar surface area (TPSA) is 40.0 Å². The van der Waals surface area contributed by atoms with Crippen LogP contribution in [-0.4, -0.2) is 32.6 Å². The maximum absolute atomic E-state index is 5.67. The maximum Gasteiger partial charge on any atom is 0.119 e.